The van der Waals surface area contributed by atoms with Crippen molar-refractivity contribution in [2.24, 2.45) is 5.73 Å². The predicted octanol–water partition coefficient (Wildman–Crippen LogP) is 2.75. The zero-order valence-electron chi connectivity index (χ0n) is 14.6. The molecular formula is C18H31N3O. The molecule has 124 valence electrons. The molecule has 4 N–H and O–H groups in total. The van der Waals surface area contributed by atoms with Crippen LogP contribution in [0.25, 0.3) is 0 Å². The van der Waals surface area contributed by atoms with Crippen molar-refractivity contribution < 1.29 is 4.79 Å². The molecule has 0 aliphatic rings. The molecule has 0 radical (unpaired) electrons. The lowest BCUT2D eigenvalue weighted by molar-refractivity contribution is -0.125. The summed E-state index contributed by atoms with van der Waals surface area (Å²) >= 11 is 0. The Morgan fingerprint density at radius 3 is 2.18 bits per heavy atom. The van der Waals surface area contributed by atoms with Gasteiger partial charge in [-0.1, -0.05) is 44.2 Å². The molecular weight excluding hydrogens is 274 g/mol. The molecule has 0 saturated carbocycles. The first kappa shape index (κ1) is 18.7. The van der Waals surface area contributed by atoms with Gasteiger partial charge in [0.25, 0.3) is 0 Å². The minimum absolute atomic E-state index is 0.118. The van der Waals surface area contributed by atoms with Crippen molar-refractivity contribution in [1.29, 1.82) is 0 Å². The van der Waals surface area contributed by atoms with Gasteiger partial charge >= 0.3 is 0 Å². The highest BCUT2D eigenvalue weighted by Crippen LogP contribution is 2.21. The Kier molecular flexibility index (Phi) is 6.57. The number of benzene rings is 1. The molecule has 4 nitrogen and oxygen atoms in total. The monoisotopic (exact) mass is 305 g/mol. The van der Waals surface area contributed by atoms with Gasteiger partial charge in [-0.05, 0) is 39.2 Å². The minimum Gasteiger partial charge on any atom is -0.353 e. The number of amides is 1. The number of carbonyl (C=O) groups is 1. The third-order valence-corrected chi connectivity index (χ3v) is 4.35. The fourth-order valence-electron chi connectivity index (χ4n) is 2.52. The Morgan fingerprint density at radius 1 is 1.18 bits per heavy atom. The molecule has 1 unspecified atom stereocenters. The van der Waals surface area contributed by atoms with E-state index >= 15 is 0 Å². The topological polar surface area (TPSA) is 67.2 Å². The maximum atomic E-state index is 12.0. The van der Waals surface area contributed by atoms with Crippen molar-refractivity contribution in [3.8, 4) is 0 Å². The Bertz CT molecular complexity index is 461. The van der Waals surface area contributed by atoms with Crippen LogP contribution in [0.15, 0.2) is 30.3 Å². The van der Waals surface area contributed by atoms with E-state index in [1.807, 2.05) is 18.2 Å². The van der Waals surface area contributed by atoms with E-state index in [1.54, 1.807) is 13.8 Å². The summed E-state index contributed by atoms with van der Waals surface area (Å²) in [5.41, 5.74) is 6.12. The van der Waals surface area contributed by atoms with Crippen molar-refractivity contribution in [3.05, 3.63) is 35.9 Å². The number of nitrogens with one attached hydrogen (secondary N) is 2. The zero-order valence-corrected chi connectivity index (χ0v) is 14.6. The van der Waals surface area contributed by atoms with Gasteiger partial charge in [0.2, 0.25) is 5.91 Å². The maximum Gasteiger partial charge on any atom is 0.239 e. The van der Waals surface area contributed by atoms with Crippen LogP contribution in [0, 0.1) is 0 Å². The fourth-order valence-corrected chi connectivity index (χ4v) is 2.52. The zero-order chi connectivity index (χ0) is 16.8. The van der Waals surface area contributed by atoms with Crippen molar-refractivity contribution in [3.63, 3.8) is 0 Å². The fraction of sp³-hybridized carbons (Fsp3) is 0.611. The molecule has 0 bridgehead atoms. The normalized spacial score (nSPS) is 13.7. The SMILES string of the molecule is CCC(CC)(CNC(=O)C(C)(C)N)NC(C)c1ccccc1. The predicted molar refractivity (Wildman–Crippen MR) is 92.6 cm³/mol. The van der Waals surface area contributed by atoms with Gasteiger partial charge < -0.3 is 16.4 Å². The Hall–Kier alpha value is -1.39. The molecule has 1 aromatic carbocycles. The standard InChI is InChI=1S/C18H31N3O/c1-6-18(7-2,13-20-16(22)17(4,5)19)21-14(3)15-11-9-8-10-12-15/h8-12,14,21H,6-7,13,19H2,1-5H3,(H,20,22). The van der Waals surface area contributed by atoms with Gasteiger partial charge in [-0.25, -0.2) is 0 Å². The van der Waals surface area contributed by atoms with E-state index < -0.39 is 5.54 Å². The van der Waals surface area contributed by atoms with Crippen LogP contribution < -0.4 is 16.4 Å². The lowest BCUT2D eigenvalue weighted by Crippen LogP contribution is -2.57. The van der Waals surface area contributed by atoms with Gasteiger partial charge in [0, 0.05) is 18.1 Å². The van der Waals surface area contributed by atoms with Crippen molar-refractivity contribution in [2.75, 3.05) is 6.54 Å². The first-order valence-electron chi connectivity index (χ1n) is 8.14. The number of nitrogens with two attached hydrogens (primary N) is 1. The van der Waals surface area contributed by atoms with E-state index in [1.165, 1.54) is 5.56 Å². The van der Waals surface area contributed by atoms with E-state index in [0.717, 1.165) is 12.8 Å². The van der Waals surface area contributed by atoms with Gasteiger partial charge in [-0.15, -0.1) is 0 Å². The molecule has 0 spiro atoms. The van der Waals surface area contributed by atoms with Crippen molar-refractivity contribution in [1.82, 2.24) is 10.6 Å². The van der Waals surface area contributed by atoms with Gasteiger partial charge in [0.05, 0.1) is 5.54 Å². The molecule has 0 saturated heterocycles. The Labute approximate surface area is 134 Å². The number of carbonyl (C=O) groups excluding carboxylic acids is 1. The molecule has 0 aliphatic carbocycles. The molecule has 4 heteroatoms. The molecule has 1 atom stereocenters. The van der Waals surface area contributed by atoms with E-state index in [2.05, 4.69) is 43.5 Å². The summed E-state index contributed by atoms with van der Waals surface area (Å²) in [5.74, 6) is -0.118. The molecule has 0 heterocycles. The van der Waals surface area contributed by atoms with Crippen LogP contribution in [0.2, 0.25) is 0 Å². The van der Waals surface area contributed by atoms with Crippen molar-refractivity contribution in [2.45, 2.75) is 64.6 Å². The quantitative estimate of drug-likeness (QED) is 0.692. The van der Waals surface area contributed by atoms with Crippen molar-refractivity contribution >= 4 is 5.91 Å². The molecule has 1 aromatic rings. The minimum atomic E-state index is -0.849. The Balaban J connectivity index is 2.76. The van der Waals surface area contributed by atoms with Gasteiger partial charge in [0.15, 0.2) is 0 Å². The van der Waals surface area contributed by atoms with Crippen LogP contribution in [0.1, 0.15) is 59.1 Å². The molecule has 1 rings (SSSR count). The average molecular weight is 305 g/mol. The summed E-state index contributed by atoms with van der Waals surface area (Å²) in [6.07, 6.45) is 1.87. The molecule has 0 fully saturated rings. The first-order valence-corrected chi connectivity index (χ1v) is 8.14. The first-order chi connectivity index (χ1) is 10.2. The van der Waals surface area contributed by atoms with Crippen LogP contribution >= 0.6 is 0 Å². The summed E-state index contributed by atoms with van der Waals surface area (Å²) in [7, 11) is 0. The lowest BCUT2D eigenvalue weighted by atomic mass is 9.90. The van der Waals surface area contributed by atoms with E-state index in [4.69, 9.17) is 5.73 Å². The molecule has 22 heavy (non-hydrogen) atoms. The van der Waals surface area contributed by atoms with Crippen LogP contribution in [0.3, 0.4) is 0 Å². The maximum absolute atomic E-state index is 12.0. The van der Waals surface area contributed by atoms with Gasteiger partial charge in [0.1, 0.15) is 0 Å². The summed E-state index contributed by atoms with van der Waals surface area (Å²) in [4.78, 5) is 12.0. The largest absolute Gasteiger partial charge is 0.353 e. The second-order valence-electron chi connectivity index (χ2n) is 6.67. The molecule has 0 aromatic heterocycles. The summed E-state index contributed by atoms with van der Waals surface area (Å²) in [5, 5.41) is 6.69. The van der Waals surface area contributed by atoms with E-state index in [9.17, 15) is 4.79 Å². The molecule has 1 amide bonds. The second-order valence-corrected chi connectivity index (χ2v) is 6.67. The molecule has 0 aliphatic heterocycles. The third-order valence-electron chi connectivity index (χ3n) is 4.35. The van der Waals surface area contributed by atoms with Gasteiger partial charge in [-0.3, -0.25) is 4.79 Å². The van der Waals surface area contributed by atoms with E-state index in [-0.39, 0.29) is 17.5 Å². The smallest absolute Gasteiger partial charge is 0.239 e. The average Bonchev–Trinajstić information content (AvgIpc) is 2.51. The van der Waals surface area contributed by atoms with Crippen LogP contribution in [-0.2, 0) is 4.79 Å². The van der Waals surface area contributed by atoms with Crippen LogP contribution in [0.5, 0.6) is 0 Å². The second kappa shape index (κ2) is 7.75. The van der Waals surface area contributed by atoms with Crippen LogP contribution in [0.4, 0.5) is 0 Å². The summed E-state index contributed by atoms with van der Waals surface area (Å²) < 4.78 is 0. The highest BCUT2D eigenvalue weighted by Gasteiger charge is 2.30. The summed E-state index contributed by atoms with van der Waals surface area (Å²) in [6, 6.07) is 10.6. The lowest BCUT2D eigenvalue weighted by Gasteiger charge is -2.37. The highest BCUT2D eigenvalue weighted by molar-refractivity contribution is 5.85. The number of hydrogen-bond acceptors (Lipinski definition) is 3. The number of hydrogen-bond donors (Lipinski definition) is 3. The van der Waals surface area contributed by atoms with Gasteiger partial charge in [-0.2, -0.15) is 0 Å². The summed E-state index contributed by atoms with van der Waals surface area (Å²) in [6.45, 7) is 10.5. The van der Waals surface area contributed by atoms with Crippen LogP contribution in [-0.4, -0.2) is 23.5 Å². The number of rotatable bonds is 8. The third kappa shape index (κ3) is 5.11. The van der Waals surface area contributed by atoms with E-state index in [0.29, 0.717) is 6.54 Å². The Morgan fingerprint density at radius 2 is 1.73 bits per heavy atom. The highest BCUT2D eigenvalue weighted by atomic mass is 16.2.